The molecule has 0 amide bonds. The smallest absolute Gasteiger partial charge is 0.333 e. The Kier molecular flexibility index (Phi) is 9.90. The van der Waals surface area contributed by atoms with Crippen molar-refractivity contribution in [3.05, 3.63) is 53.6 Å². The lowest BCUT2D eigenvalue weighted by molar-refractivity contribution is -0.329. The van der Waals surface area contributed by atoms with Gasteiger partial charge in [0.25, 0.3) is 0 Å². The number of rotatable bonds is 8. The largest absolute Gasteiger partial charge is 0.458 e. The van der Waals surface area contributed by atoms with Crippen LogP contribution in [0, 0.1) is 28.6 Å². The van der Waals surface area contributed by atoms with Gasteiger partial charge in [-0.05, 0) is 102 Å². The topological polar surface area (TPSA) is 112 Å². The highest BCUT2D eigenvalue weighted by Crippen LogP contribution is 2.68. The molecular formula is C39H54O8S. The fourth-order valence-electron chi connectivity index (χ4n) is 10.2. The number of carbonyl (C=O) groups is 2. The van der Waals surface area contributed by atoms with E-state index in [0.717, 1.165) is 24.2 Å². The third-order valence-corrected chi connectivity index (χ3v) is 14.4. The molecule has 3 saturated carbocycles. The average molecular weight is 683 g/mol. The average Bonchev–Trinajstić information content (AvgIpc) is 3.34. The minimum Gasteiger partial charge on any atom is -0.458 e. The van der Waals surface area contributed by atoms with Crippen molar-refractivity contribution in [2.24, 2.45) is 28.6 Å². The summed E-state index contributed by atoms with van der Waals surface area (Å²) in [5.74, 6) is -2.03. The van der Waals surface area contributed by atoms with E-state index in [1.807, 2.05) is 32.0 Å². The second-order valence-electron chi connectivity index (χ2n) is 15.6. The Bertz CT molecular complexity index is 1440. The van der Waals surface area contributed by atoms with Crippen LogP contribution in [0.3, 0.4) is 0 Å². The predicted octanol–water partition coefficient (Wildman–Crippen LogP) is 6.77. The number of esters is 1. The summed E-state index contributed by atoms with van der Waals surface area (Å²) in [6, 6.07) is 10.1. The second-order valence-corrected chi connectivity index (χ2v) is 16.9. The van der Waals surface area contributed by atoms with Crippen molar-refractivity contribution in [2.75, 3.05) is 7.11 Å². The van der Waals surface area contributed by atoms with Gasteiger partial charge in [0.05, 0.1) is 23.1 Å². The Morgan fingerprint density at radius 3 is 2.44 bits per heavy atom. The Morgan fingerprint density at radius 1 is 1.04 bits per heavy atom. The summed E-state index contributed by atoms with van der Waals surface area (Å²) in [6.45, 7) is 11.1. The van der Waals surface area contributed by atoms with Crippen LogP contribution >= 0.6 is 11.8 Å². The first-order chi connectivity index (χ1) is 22.7. The zero-order valence-electron chi connectivity index (χ0n) is 29.6. The maximum Gasteiger partial charge on any atom is 0.333 e. The number of methoxy groups -OCH3 is 1. The highest BCUT2D eigenvalue weighted by molar-refractivity contribution is 8.00. The summed E-state index contributed by atoms with van der Waals surface area (Å²) < 4.78 is 25.2. The molecule has 264 valence electrons. The summed E-state index contributed by atoms with van der Waals surface area (Å²) in [6.07, 6.45) is 7.56. The van der Waals surface area contributed by atoms with E-state index in [4.69, 9.17) is 18.9 Å². The number of hydrogen-bond acceptors (Lipinski definition) is 9. The molecule has 1 heterocycles. The molecular weight excluding hydrogens is 628 g/mol. The fraction of sp³-hybridized carbons (Fsp3) is 0.692. The summed E-state index contributed by atoms with van der Waals surface area (Å²) >= 11 is 1.65. The molecule has 1 aliphatic heterocycles. The molecule has 48 heavy (non-hydrogen) atoms. The van der Waals surface area contributed by atoms with E-state index in [1.54, 1.807) is 45.7 Å². The van der Waals surface area contributed by atoms with Gasteiger partial charge in [-0.2, -0.15) is 0 Å². The lowest BCUT2D eigenvalue weighted by Crippen LogP contribution is -2.66. The zero-order chi connectivity index (χ0) is 34.6. The molecule has 1 saturated heterocycles. The molecule has 1 aromatic carbocycles. The van der Waals surface area contributed by atoms with Crippen LogP contribution in [0.25, 0.3) is 0 Å². The van der Waals surface area contributed by atoms with E-state index >= 15 is 0 Å². The molecule has 0 bridgehead atoms. The number of benzene rings is 1. The number of fused-ring (bicyclic) bond motifs is 5. The number of carbonyl (C=O) groups excluding carboxylic acids is 2. The lowest BCUT2D eigenvalue weighted by atomic mass is 9.45. The van der Waals surface area contributed by atoms with Crippen molar-refractivity contribution >= 4 is 23.5 Å². The number of allylic oxidation sites excluding steroid dienone is 2. The predicted molar refractivity (Wildman–Crippen MR) is 184 cm³/mol. The first-order valence-corrected chi connectivity index (χ1v) is 18.6. The van der Waals surface area contributed by atoms with Crippen molar-refractivity contribution in [3.63, 3.8) is 0 Å². The summed E-state index contributed by atoms with van der Waals surface area (Å²) in [5, 5.41) is 23.6. The van der Waals surface area contributed by atoms with Crippen LogP contribution in [0.5, 0.6) is 0 Å². The van der Waals surface area contributed by atoms with Crippen LogP contribution in [0.1, 0.15) is 92.9 Å². The normalized spacial score (nSPS) is 44.2. The molecule has 0 spiro atoms. The van der Waals surface area contributed by atoms with Gasteiger partial charge in [0.1, 0.15) is 11.9 Å². The van der Waals surface area contributed by atoms with E-state index in [1.165, 1.54) is 5.57 Å². The molecule has 6 rings (SSSR count). The van der Waals surface area contributed by atoms with Crippen LogP contribution in [0.4, 0.5) is 0 Å². The van der Waals surface area contributed by atoms with Gasteiger partial charge in [0.15, 0.2) is 12.1 Å². The number of ether oxygens (including phenoxy) is 4. The van der Waals surface area contributed by atoms with Gasteiger partial charge >= 0.3 is 5.97 Å². The minimum absolute atomic E-state index is 0.0401. The third-order valence-electron chi connectivity index (χ3n) is 13.0. The molecule has 12 atom stereocenters. The Morgan fingerprint density at radius 2 is 1.77 bits per heavy atom. The van der Waals surface area contributed by atoms with E-state index in [-0.39, 0.29) is 52.4 Å². The highest BCUT2D eigenvalue weighted by Gasteiger charge is 2.71. The Hall–Kier alpha value is -2.01. The maximum absolute atomic E-state index is 13.2. The number of ketones is 1. The van der Waals surface area contributed by atoms with Gasteiger partial charge in [0, 0.05) is 35.3 Å². The van der Waals surface area contributed by atoms with Crippen molar-refractivity contribution in [1.82, 2.24) is 0 Å². The molecule has 4 aliphatic carbocycles. The van der Waals surface area contributed by atoms with Gasteiger partial charge < -0.3 is 29.2 Å². The third kappa shape index (κ3) is 6.04. The zero-order valence-corrected chi connectivity index (χ0v) is 30.4. The SMILES string of the molecule is C/C=C(\C)C(=O)O[C@@H]1CC2C(CC=C3CC(OC4OC(C)(O)CC(OC)C4Sc4ccccc4)CC[C@@]32C)[C@@]2(O)CCC(C(C)=O)[C@@]12C. The molecule has 4 fully saturated rings. The summed E-state index contributed by atoms with van der Waals surface area (Å²) in [7, 11) is 1.67. The summed E-state index contributed by atoms with van der Waals surface area (Å²) in [5.41, 5.74) is -0.373. The number of Topliss-reactive ketones (excluding diaryl/α,β-unsaturated/α-hetero) is 1. The molecule has 0 radical (unpaired) electrons. The van der Waals surface area contributed by atoms with Crippen molar-refractivity contribution in [1.29, 1.82) is 0 Å². The van der Waals surface area contributed by atoms with Crippen molar-refractivity contribution < 1.29 is 38.7 Å². The van der Waals surface area contributed by atoms with Gasteiger partial charge in [-0.3, -0.25) is 4.79 Å². The van der Waals surface area contributed by atoms with Gasteiger partial charge in [-0.1, -0.05) is 49.8 Å². The van der Waals surface area contributed by atoms with Crippen LogP contribution in [0.15, 0.2) is 58.5 Å². The van der Waals surface area contributed by atoms with Crippen molar-refractivity contribution in [3.8, 4) is 0 Å². The molecule has 1 aromatic rings. The van der Waals surface area contributed by atoms with Crippen LogP contribution in [-0.4, -0.2) is 70.3 Å². The molecule has 9 heteroatoms. The lowest BCUT2D eigenvalue weighted by Gasteiger charge is -2.63. The van der Waals surface area contributed by atoms with E-state index in [9.17, 15) is 19.8 Å². The second kappa shape index (κ2) is 13.3. The summed E-state index contributed by atoms with van der Waals surface area (Å²) in [4.78, 5) is 27.3. The quantitative estimate of drug-likeness (QED) is 0.174. The number of aliphatic hydroxyl groups is 2. The van der Waals surface area contributed by atoms with Gasteiger partial charge in [-0.15, -0.1) is 11.8 Å². The molecule has 5 aliphatic rings. The molecule has 8 nitrogen and oxygen atoms in total. The van der Waals surface area contributed by atoms with Crippen LogP contribution in [-0.2, 0) is 28.5 Å². The van der Waals surface area contributed by atoms with Crippen LogP contribution in [0.2, 0.25) is 0 Å². The minimum atomic E-state index is -1.37. The highest BCUT2D eigenvalue weighted by atomic mass is 32.2. The van der Waals surface area contributed by atoms with Gasteiger partial charge in [-0.25, -0.2) is 4.79 Å². The molecule has 2 N–H and O–H groups in total. The maximum atomic E-state index is 13.2. The fourth-order valence-corrected chi connectivity index (χ4v) is 11.4. The first-order valence-electron chi connectivity index (χ1n) is 17.7. The van der Waals surface area contributed by atoms with E-state index in [2.05, 4.69) is 25.1 Å². The number of hydrogen-bond donors (Lipinski definition) is 2. The number of thioether (sulfide) groups is 1. The van der Waals surface area contributed by atoms with E-state index < -0.39 is 29.2 Å². The monoisotopic (exact) mass is 682 g/mol. The van der Waals surface area contributed by atoms with Gasteiger partial charge in [0.2, 0.25) is 0 Å². The molecule has 0 aromatic heterocycles. The standard InChI is InChI=1S/C39H54O8S/c1-8-23(2)34(41)46-32-21-30-29(39(43)19-17-28(24(3)40)38(32,39)6)15-14-25-20-26(16-18-36(25,30)4)45-35-33(48-27-12-10-9-11-13-27)31(44-7)22-37(5,42)47-35/h8-14,26,28-33,35,42-43H,15-22H2,1-7H3/b23-8+/t26?,28?,29?,30?,31?,32-,33?,35?,36+,37?,38+,39+/m1/s1. The Labute approximate surface area is 290 Å². The van der Waals surface area contributed by atoms with E-state index in [0.29, 0.717) is 37.7 Å². The van der Waals surface area contributed by atoms with Crippen LogP contribution < -0.4 is 0 Å². The Balaban J connectivity index is 1.26. The molecule has 8 unspecified atom stereocenters. The first kappa shape index (κ1) is 35.8. The van der Waals surface area contributed by atoms with Crippen molar-refractivity contribution in [2.45, 2.75) is 139 Å².